The van der Waals surface area contributed by atoms with Gasteiger partial charge in [0.05, 0.1) is 32.0 Å². The quantitative estimate of drug-likeness (QED) is 0.457. The average molecular weight is 447 g/mol. The van der Waals surface area contributed by atoms with Crippen molar-refractivity contribution in [1.82, 2.24) is 19.1 Å². The van der Waals surface area contributed by atoms with Gasteiger partial charge in [-0.25, -0.2) is 4.79 Å². The molecule has 0 radical (unpaired) electrons. The van der Waals surface area contributed by atoms with Gasteiger partial charge in [0.2, 0.25) is 5.91 Å². The maximum atomic E-state index is 13.0. The number of rotatable bonds is 7. The molecule has 2 aromatic rings. The second kappa shape index (κ2) is 9.35. The molecule has 2 aliphatic heterocycles. The van der Waals surface area contributed by atoms with Crippen LogP contribution in [0.1, 0.15) is 5.56 Å². The molecule has 0 bridgehead atoms. The normalized spacial score (nSPS) is 10.7. The number of nitrogens with one attached hydrogen (secondary N) is 1. The molecule has 33 heavy (non-hydrogen) atoms. The summed E-state index contributed by atoms with van der Waals surface area (Å²) in [6, 6.07) is 11.7. The van der Waals surface area contributed by atoms with E-state index in [4.69, 9.17) is 9.47 Å². The Morgan fingerprint density at radius 2 is 1.94 bits per heavy atom. The SMILES string of the molecule is COc1ccc(OC)c(NC(=O)Cn2cccc3c(=O)n(Cc4cccnc4)c(=O)nc2-3)c1. The monoisotopic (exact) mass is 447 g/mol. The number of carbonyl (C=O) groups excluding carboxylic acids is 1. The molecule has 10 heteroatoms. The summed E-state index contributed by atoms with van der Waals surface area (Å²) in [5.74, 6) is 0.747. The predicted octanol–water partition coefficient (Wildman–Crippen LogP) is 1.61. The minimum atomic E-state index is -0.703. The number of amides is 1. The van der Waals surface area contributed by atoms with Crippen LogP contribution in [0.15, 0.2) is 70.6 Å². The summed E-state index contributed by atoms with van der Waals surface area (Å²) in [6.07, 6.45) is 4.78. The first-order chi connectivity index (χ1) is 16.0. The van der Waals surface area contributed by atoms with Crippen molar-refractivity contribution < 1.29 is 14.3 Å². The Bertz CT molecular complexity index is 1380. The van der Waals surface area contributed by atoms with E-state index in [2.05, 4.69) is 15.3 Å². The van der Waals surface area contributed by atoms with Crippen molar-refractivity contribution in [3.8, 4) is 22.9 Å². The molecule has 0 fully saturated rings. The van der Waals surface area contributed by atoms with Crippen molar-refractivity contribution in [1.29, 1.82) is 0 Å². The highest BCUT2D eigenvalue weighted by molar-refractivity contribution is 5.92. The zero-order chi connectivity index (χ0) is 23.4. The van der Waals surface area contributed by atoms with E-state index in [1.807, 2.05) is 0 Å². The summed E-state index contributed by atoms with van der Waals surface area (Å²) in [5.41, 5.74) is 0.171. The zero-order valence-corrected chi connectivity index (χ0v) is 18.0. The van der Waals surface area contributed by atoms with Crippen LogP contribution in [0, 0.1) is 0 Å². The first-order valence-electron chi connectivity index (χ1n) is 10.0. The molecule has 3 heterocycles. The molecule has 1 aromatic carbocycles. The lowest BCUT2D eigenvalue weighted by Crippen LogP contribution is -2.38. The molecule has 4 rings (SSSR count). The van der Waals surface area contributed by atoms with Gasteiger partial charge in [0, 0.05) is 24.7 Å². The largest absolute Gasteiger partial charge is 0.497 e. The highest BCUT2D eigenvalue weighted by Crippen LogP contribution is 2.29. The van der Waals surface area contributed by atoms with Crippen LogP contribution in [-0.4, -0.2) is 39.2 Å². The van der Waals surface area contributed by atoms with Gasteiger partial charge in [0.15, 0.2) is 5.82 Å². The minimum Gasteiger partial charge on any atom is -0.497 e. The maximum absolute atomic E-state index is 13.0. The molecule has 0 saturated carbocycles. The van der Waals surface area contributed by atoms with Gasteiger partial charge in [0.25, 0.3) is 5.56 Å². The van der Waals surface area contributed by atoms with Gasteiger partial charge in [-0.2, -0.15) is 4.98 Å². The van der Waals surface area contributed by atoms with Crippen molar-refractivity contribution in [3.63, 3.8) is 0 Å². The minimum absolute atomic E-state index is 0.0550. The van der Waals surface area contributed by atoms with Crippen LogP contribution in [0.25, 0.3) is 11.4 Å². The van der Waals surface area contributed by atoms with Crippen LogP contribution in [0.2, 0.25) is 0 Å². The Labute approximate surface area is 188 Å². The standard InChI is InChI=1S/C23H21N5O5/c1-32-16-7-8-19(33-2)18(11-16)25-20(29)14-27-10-4-6-17-21(27)26-23(31)28(22(17)30)13-15-5-3-9-24-12-15/h3-12H,13-14H2,1-2H3,(H,25,29). The Balaban J connectivity index is 1.63. The number of fused-ring (bicyclic) bond motifs is 1. The van der Waals surface area contributed by atoms with E-state index >= 15 is 0 Å². The van der Waals surface area contributed by atoms with Gasteiger partial charge in [0.1, 0.15) is 18.0 Å². The topological polar surface area (TPSA) is 117 Å². The molecule has 0 aliphatic carbocycles. The lowest BCUT2D eigenvalue weighted by molar-refractivity contribution is -0.116. The third-order valence-electron chi connectivity index (χ3n) is 5.01. The van der Waals surface area contributed by atoms with Crippen LogP contribution in [0.5, 0.6) is 11.5 Å². The number of pyridine rings is 2. The Morgan fingerprint density at radius 3 is 2.67 bits per heavy atom. The Hall–Kier alpha value is -4.47. The Morgan fingerprint density at radius 1 is 1.09 bits per heavy atom. The van der Waals surface area contributed by atoms with Crippen LogP contribution >= 0.6 is 0 Å². The van der Waals surface area contributed by atoms with Gasteiger partial charge >= 0.3 is 5.69 Å². The molecular formula is C23H21N5O5. The van der Waals surface area contributed by atoms with Crippen LogP contribution in [-0.2, 0) is 17.9 Å². The first-order valence-corrected chi connectivity index (χ1v) is 10.0. The fourth-order valence-corrected chi connectivity index (χ4v) is 3.42. The molecule has 1 amide bonds. The highest BCUT2D eigenvalue weighted by atomic mass is 16.5. The summed E-state index contributed by atoms with van der Waals surface area (Å²) >= 11 is 0. The summed E-state index contributed by atoms with van der Waals surface area (Å²) in [6.45, 7) is -0.115. The van der Waals surface area contributed by atoms with Crippen molar-refractivity contribution in [2.45, 2.75) is 13.1 Å². The predicted molar refractivity (Wildman–Crippen MR) is 121 cm³/mol. The fourth-order valence-electron chi connectivity index (χ4n) is 3.42. The third-order valence-corrected chi connectivity index (χ3v) is 5.01. The number of methoxy groups -OCH3 is 2. The highest BCUT2D eigenvalue weighted by Gasteiger charge is 2.19. The van der Waals surface area contributed by atoms with E-state index in [1.165, 1.54) is 18.8 Å². The maximum Gasteiger partial charge on any atom is 0.352 e. The van der Waals surface area contributed by atoms with Crippen molar-refractivity contribution in [2.24, 2.45) is 0 Å². The van der Waals surface area contributed by atoms with E-state index in [0.29, 0.717) is 22.7 Å². The van der Waals surface area contributed by atoms with Crippen LogP contribution in [0.3, 0.4) is 0 Å². The van der Waals surface area contributed by atoms with E-state index in [1.54, 1.807) is 61.1 Å². The molecule has 1 N–H and O–H groups in total. The van der Waals surface area contributed by atoms with Gasteiger partial charge in [-0.1, -0.05) is 6.07 Å². The number of ether oxygens (including phenoxy) is 2. The number of hydrogen-bond donors (Lipinski definition) is 1. The summed E-state index contributed by atoms with van der Waals surface area (Å²) in [7, 11) is 3.01. The number of hydrogen-bond acceptors (Lipinski definition) is 7. The van der Waals surface area contributed by atoms with Gasteiger partial charge < -0.3 is 19.4 Å². The lowest BCUT2D eigenvalue weighted by atomic mass is 10.2. The summed E-state index contributed by atoms with van der Waals surface area (Å²) in [5, 5.41) is 2.76. The van der Waals surface area contributed by atoms with E-state index in [9.17, 15) is 14.4 Å². The molecule has 1 aromatic heterocycles. The van der Waals surface area contributed by atoms with Gasteiger partial charge in [-0.15, -0.1) is 0 Å². The van der Waals surface area contributed by atoms with Crippen molar-refractivity contribution in [2.75, 3.05) is 19.5 Å². The molecular weight excluding hydrogens is 426 g/mol. The summed E-state index contributed by atoms with van der Waals surface area (Å²) < 4.78 is 13.0. The number of anilines is 1. The van der Waals surface area contributed by atoms with Gasteiger partial charge in [-0.05, 0) is 35.9 Å². The van der Waals surface area contributed by atoms with Crippen LogP contribution < -0.4 is 26.0 Å². The third kappa shape index (κ3) is 4.59. The second-order valence-corrected chi connectivity index (χ2v) is 7.13. The zero-order valence-electron chi connectivity index (χ0n) is 18.0. The van der Waals surface area contributed by atoms with Gasteiger partial charge in [-0.3, -0.25) is 19.1 Å². The lowest BCUT2D eigenvalue weighted by Gasteiger charge is -2.16. The number of benzene rings is 1. The molecule has 10 nitrogen and oxygen atoms in total. The average Bonchev–Trinajstić information content (AvgIpc) is 2.83. The molecule has 0 unspecified atom stereocenters. The van der Waals surface area contributed by atoms with E-state index in [0.717, 1.165) is 4.57 Å². The summed E-state index contributed by atoms with van der Waals surface area (Å²) in [4.78, 5) is 46.5. The Kier molecular flexibility index (Phi) is 6.16. The number of aromatic nitrogens is 4. The van der Waals surface area contributed by atoms with Crippen molar-refractivity contribution >= 4 is 11.6 Å². The number of nitrogens with zero attached hydrogens (tertiary/aromatic N) is 4. The molecule has 168 valence electrons. The first kappa shape index (κ1) is 21.8. The van der Waals surface area contributed by atoms with Crippen molar-refractivity contribution in [3.05, 3.63) is 87.5 Å². The fraction of sp³-hybridized carbons (Fsp3) is 0.174. The van der Waals surface area contributed by atoms with Crippen LogP contribution in [0.4, 0.5) is 5.69 Å². The molecule has 0 saturated heterocycles. The smallest absolute Gasteiger partial charge is 0.352 e. The van der Waals surface area contributed by atoms with E-state index < -0.39 is 17.2 Å². The molecule has 0 spiro atoms. The second-order valence-electron chi connectivity index (χ2n) is 7.13. The van der Waals surface area contributed by atoms with E-state index in [-0.39, 0.29) is 24.5 Å². The number of carbonyl (C=O) groups is 1. The molecule has 2 aliphatic rings. The molecule has 0 atom stereocenters.